The zero-order valence-electron chi connectivity index (χ0n) is 20.5. The second kappa shape index (κ2) is 10.9. The number of thioether (sulfide) groups is 1. The first-order valence-electron chi connectivity index (χ1n) is 12.0. The van der Waals surface area contributed by atoms with Gasteiger partial charge in [0.25, 0.3) is 5.56 Å². The Morgan fingerprint density at radius 3 is 2.59 bits per heavy atom. The summed E-state index contributed by atoms with van der Waals surface area (Å²) < 4.78 is 9.36. The molecular formula is C26H34N4O3S. The highest BCUT2D eigenvalue weighted by atomic mass is 32.2. The average molecular weight is 483 g/mol. The molecule has 3 heterocycles. The number of para-hydroxylation sites is 1. The van der Waals surface area contributed by atoms with E-state index in [0.29, 0.717) is 28.6 Å². The van der Waals surface area contributed by atoms with E-state index in [4.69, 9.17) is 9.72 Å². The highest BCUT2D eigenvalue weighted by Crippen LogP contribution is 2.24. The van der Waals surface area contributed by atoms with Gasteiger partial charge in [-0.15, -0.1) is 0 Å². The molecule has 0 aliphatic carbocycles. The normalized spacial score (nSPS) is 14.9. The Morgan fingerprint density at radius 1 is 1.15 bits per heavy atom. The summed E-state index contributed by atoms with van der Waals surface area (Å²) in [5, 5.41) is 1.22. The average Bonchev–Trinajstić information content (AvgIpc) is 3.13. The Kier molecular flexibility index (Phi) is 7.91. The maximum Gasteiger partial charge on any atom is 0.262 e. The summed E-state index contributed by atoms with van der Waals surface area (Å²) in [5.41, 5.74) is 3.46. The molecule has 4 rings (SSSR count). The summed E-state index contributed by atoms with van der Waals surface area (Å²) in [5.74, 6) is 0.309. The SMILES string of the molecule is Cc1cc(C(=O)CSc2nc3ccccc3c(=O)n2CCCN2CCOCC2)c(C)n1C(C)C. The van der Waals surface area contributed by atoms with Gasteiger partial charge in [-0.2, -0.15) is 0 Å². The minimum Gasteiger partial charge on any atom is -0.379 e. The molecule has 8 heteroatoms. The molecule has 7 nitrogen and oxygen atoms in total. The lowest BCUT2D eigenvalue weighted by Gasteiger charge is -2.26. The van der Waals surface area contributed by atoms with E-state index in [1.807, 2.05) is 44.2 Å². The molecular weight excluding hydrogens is 448 g/mol. The molecule has 0 atom stereocenters. The number of carbonyl (C=O) groups is 1. The highest BCUT2D eigenvalue weighted by molar-refractivity contribution is 7.99. The number of hydrogen-bond donors (Lipinski definition) is 0. The van der Waals surface area contributed by atoms with Crippen LogP contribution >= 0.6 is 11.8 Å². The molecule has 0 N–H and O–H groups in total. The number of fused-ring (bicyclic) bond motifs is 1. The number of aromatic nitrogens is 3. The highest BCUT2D eigenvalue weighted by Gasteiger charge is 2.19. The van der Waals surface area contributed by atoms with Crippen molar-refractivity contribution >= 4 is 28.4 Å². The maximum atomic E-state index is 13.3. The van der Waals surface area contributed by atoms with Gasteiger partial charge in [0.2, 0.25) is 0 Å². The summed E-state index contributed by atoms with van der Waals surface area (Å²) in [6, 6.07) is 9.71. The van der Waals surface area contributed by atoms with Crippen LogP contribution < -0.4 is 5.56 Å². The molecule has 0 radical (unpaired) electrons. The van der Waals surface area contributed by atoms with Gasteiger partial charge in [-0.05, 0) is 52.3 Å². The lowest BCUT2D eigenvalue weighted by molar-refractivity contribution is 0.0368. The fraction of sp³-hybridized carbons (Fsp3) is 0.500. The van der Waals surface area contributed by atoms with Crippen LogP contribution in [-0.4, -0.2) is 63.4 Å². The van der Waals surface area contributed by atoms with Crippen LogP contribution in [0.4, 0.5) is 0 Å². The van der Waals surface area contributed by atoms with Crippen molar-refractivity contribution in [1.82, 2.24) is 19.0 Å². The number of aryl methyl sites for hydroxylation is 1. The summed E-state index contributed by atoms with van der Waals surface area (Å²) in [4.78, 5) is 33.6. The number of nitrogens with zero attached hydrogens (tertiary/aromatic N) is 4. The molecule has 34 heavy (non-hydrogen) atoms. The number of hydrogen-bond acceptors (Lipinski definition) is 6. The number of carbonyl (C=O) groups excluding carboxylic acids is 1. The number of rotatable bonds is 9. The van der Waals surface area contributed by atoms with Crippen molar-refractivity contribution in [2.75, 3.05) is 38.6 Å². The molecule has 182 valence electrons. The van der Waals surface area contributed by atoms with Gasteiger partial charge in [0.05, 0.1) is 29.9 Å². The van der Waals surface area contributed by atoms with Crippen LogP contribution in [0.3, 0.4) is 0 Å². The van der Waals surface area contributed by atoms with Crippen LogP contribution in [0.1, 0.15) is 48.1 Å². The van der Waals surface area contributed by atoms with E-state index >= 15 is 0 Å². The molecule has 0 saturated carbocycles. The van der Waals surface area contributed by atoms with Crippen molar-refractivity contribution in [3.8, 4) is 0 Å². The van der Waals surface area contributed by atoms with Crippen molar-refractivity contribution in [1.29, 1.82) is 0 Å². The fourth-order valence-electron chi connectivity index (χ4n) is 4.79. The molecule has 0 unspecified atom stereocenters. The number of Topliss-reactive ketones (excluding diaryl/α,β-unsaturated/α-hetero) is 1. The van der Waals surface area contributed by atoms with Crippen molar-refractivity contribution < 1.29 is 9.53 Å². The van der Waals surface area contributed by atoms with Gasteiger partial charge in [0.15, 0.2) is 10.9 Å². The lowest BCUT2D eigenvalue weighted by atomic mass is 10.2. The first kappa shape index (κ1) is 24.7. The first-order valence-corrected chi connectivity index (χ1v) is 13.0. The van der Waals surface area contributed by atoms with Gasteiger partial charge in [0, 0.05) is 49.2 Å². The Balaban J connectivity index is 1.54. The van der Waals surface area contributed by atoms with E-state index < -0.39 is 0 Å². The van der Waals surface area contributed by atoms with Crippen LogP contribution in [0, 0.1) is 13.8 Å². The van der Waals surface area contributed by atoms with Crippen LogP contribution in [0.25, 0.3) is 10.9 Å². The zero-order valence-corrected chi connectivity index (χ0v) is 21.4. The smallest absolute Gasteiger partial charge is 0.262 e. The topological polar surface area (TPSA) is 69.4 Å². The Hall–Kier alpha value is -2.42. The Labute approximate surface area is 205 Å². The van der Waals surface area contributed by atoms with E-state index in [9.17, 15) is 9.59 Å². The molecule has 0 amide bonds. The summed E-state index contributed by atoms with van der Waals surface area (Å²) >= 11 is 1.36. The van der Waals surface area contributed by atoms with Gasteiger partial charge in [-0.25, -0.2) is 4.98 Å². The number of benzene rings is 1. The third-order valence-corrected chi connectivity index (χ3v) is 7.40. The van der Waals surface area contributed by atoms with Crippen molar-refractivity contribution in [2.45, 2.75) is 51.9 Å². The van der Waals surface area contributed by atoms with Crippen molar-refractivity contribution in [3.63, 3.8) is 0 Å². The zero-order chi connectivity index (χ0) is 24.2. The predicted molar refractivity (Wildman–Crippen MR) is 137 cm³/mol. The molecule has 3 aromatic rings. The van der Waals surface area contributed by atoms with Crippen LogP contribution in [0.5, 0.6) is 0 Å². The second-order valence-electron chi connectivity index (χ2n) is 9.14. The van der Waals surface area contributed by atoms with E-state index in [1.54, 1.807) is 4.57 Å². The Bertz CT molecular complexity index is 1220. The molecule has 1 fully saturated rings. The predicted octanol–water partition coefficient (Wildman–Crippen LogP) is 4.09. The van der Waals surface area contributed by atoms with Gasteiger partial charge < -0.3 is 9.30 Å². The second-order valence-corrected chi connectivity index (χ2v) is 10.1. The van der Waals surface area contributed by atoms with Crippen LogP contribution in [-0.2, 0) is 11.3 Å². The summed E-state index contributed by atoms with van der Waals surface area (Å²) in [7, 11) is 0. The Morgan fingerprint density at radius 2 is 1.88 bits per heavy atom. The fourth-order valence-corrected chi connectivity index (χ4v) is 5.70. The van der Waals surface area contributed by atoms with Gasteiger partial charge in [-0.3, -0.25) is 19.1 Å². The quantitative estimate of drug-likeness (QED) is 0.260. The van der Waals surface area contributed by atoms with E-state index in [-0.39, 0.29) is 17.1 Å². The largest absolute Gasteiger partial charge is 0.379 e. The van der Waals surface area contributed by atoms with Crippen molar-refractivity contribution in [3.05, 3.63) is 57.6 Å². The lowest BCUT2D eigenvalue weighted by Crippen LogP contribution is -2.37. The van der Waals surface area contributed by atoms with E-state index in [0.717, 1.165) is 56.2 Å². The minimum atomic E-state index is -0.0412. The van der Waals surface area contributed by atoms with Crippen LogP contribution in [0.15, 0.2) is 40.3 Å². The van der Waals surface area contributed by atoms with Gasteiger partial charge in [-0.1, -0.05) is 23.9 Å². The number of ether oxygens (including phenoxy) is 1. The molecule has 2 aromatic heterocycles. The van der Waals surface area contributed by atoms with E-state index in [1.165, 1.54) is 11.8 Å². The van der Waals surface area contributed by atoms with Gasteiger partial charge >= 0.3 is 0 Å². The standard InChI is InChI=1S/C26H34N4O3S/c1-18(2)30-19(3)16-22(20(30)4)24(31)17-34-26-27-23-9-6-5-8-21(23)25(32)29(26)11-7-10-28-12-14-33-15-13-28/h5-6,8-9,16,18H,7,10-15,17H2,1-4H3. The monoisotopic (exact) mass is 482 g/mol. The van der Waals surface area contributed by atoms with E-state index in [2.05, 4.69) is 23.3 Å². The summed E-state index contributed by atoms with van der Waals surface area (Å²) in [6.45, 7) is 13.1. The molecule has 1 aromatic carbocycles. The van der Waals surface area contributed by atoms with Crippen molar-refractivity contribution in [2.24, 2.45) is 0 Å². The minimum absolute atomic E-state index is 0.0412. The van der Waals surface area contributed by atoms with Gasteiger partial charge in [0.1, 0.15) is 0 Å². The molecule has 1 aliphatic heterocycles. The van der Waals surface area contributed by atoms with Crippen LogP contribution in [0.2, 0.25) is 0 Å². The first-order chi connectivity index (χ1) is 16.4. The maximum absolute atomic E-state index is 13.3. The number of ketones is 1. The molecule has 1 aliphatic rings. The molecule has 0 spiro atoms. The third-order valence-electron chi connectivity index (χ3n) is 6.42. The third kappa shape index (κ3) is 5.29. The number of morpholine rings is 1. The molecule has 1 saturated heterocycles. The molecule has 0 bridgehead atoms. The summed E-state index contributed by atoms with van der Waals surface area (Å²) in [6.07, 6.45) is 0.844.